The van der Waals surface area contributed by atoms with Crippen molar-refractivity contribution < 1.29 is 9.18 Å². The molecule has 2 heterocycles. The highest BCUT2D eigenvalue weighted by atomic mass is 19.1. The Kier molecular flexibility index (Phi) is 8.20. The molecule has 0 aromatic carbocycles. The van der Waals surface area contributed by atoms with Crippen molar-refractivity contribution in [2.75, 3.05) is 5.32 Å². The molecule has 1 aliphatic heterocycles. The number of anilines is 1. The van der Waals surface area contributed by atoms with Gasteiger partial charge in [0.05, 0.1) is 5.92 Å². The number of halogens is 1. The number of rotatable bonds is 10. The molecule has 0 radical (unpaired) electrons. The van der Waals surface area contributed by atoms with Gasteiger partial charge in [-0.05, 0) is 73.9 Å². The number of aromatic nitrogens is 1. The molecule has 3 rings (SSSR count). The van der Waals surface area contributed by atoms with Crippen molar-refractivity contribution in [1.29, 1.82) is 0 Å². The van der Waals surface area contributed by atoms with Crippen LogP contribution in [0, 0.1) is 12.8 Å². The van der Waals surface area contributed by atoms with E-state index in [2.05, 4.69) is 66.5 Å². The van der Waals surface area contributed by atoms with Gasteiger partial charge in [0, 0.05) is 24.0 Å². The van der Waals surface area contributed by atoms with Crippen LogP contribution in [-0.2, 0) is 4.79 Å². The smallest absolute Gasteiger partial charge is 0.231 e. The Hall–Kier alpha value is -2.95. The quantitative estimate of drug-likeness (QED) is 0.340. The molecule has 1 aliphatic carbocycles. The zero-order valence-electron chi connectivity index (χ0n) is 19.3. The number of dihydropyridines is 1. The summed E-state index contributed by atoms with van der Waals surface area (Å²) >= 11 is 0. The van der Waals surface area contributed by atoms with Gasteiger partial charge in [0.15, 0.2) is 0 Å². The summed E-state index contributed by atoms with van der Waals surface area (Å²) in [5.74, 6) is -0.351. The number of unbranched alkanes of at least 4 members (excludes halogenated alkanes) is 1. The summed E-state index contributed by atoms with van der Waals surface area (Å²) in [5.41, 5.74) is 5.49. The monoisotopic (exact) mass is 435 g/mol. The van der Waals surface area contributed by atoms with Crippen molar-refractivity contribution in [2.45, 2.75) is 65.1 Å². The van der Waals surface area contributed by atoms with E-state index in [1.165, 1.54) is 5.57 Å². The summed E-state index contributed by atoms with van der Waals surface area (Å²) in [6.45, 7) is 10.1. The molecule has 0 saturated heterocycles. The Morgan fingerprint density at radius 2 is 2.16 bits per heavy atom. The van der Waals surface area contributed by atoms with Crippen LogP contribution < -0.4 is 10.6 Å². The highest BCUT2D eigenvalue weighted by Crippen LogP contribution is 2.34. The van der Waals surface area contributed by atoms with Gasteiger partial charge in [0.25, 0.3) is 0 Å². The predicted molar refractivity (Wildman–Crippen MR) is 131 cm³/mol. The summed E-state index contributed by atoms with van der Waals surface area (Å²) in [4.78, 5) is 16.4. The first kappa shape index (κ1) is 23.7. The lowest BCUT2D eigenvalue weighted by molar-refractivity contribution is -0.117. The first-order chi connectivity index (χ1) is 15.4. The lowest BCUT2D eigenvalue weighted by atomic mass is 9.92. The van der Waals surface area contributed by atoms with Gasteiger partial charge in [0.1, 0.15) is 12.0 Å². The van der Waals surface area contributed by atoms with Crippen LogP contribution in [-0.4, -0.2) is 23.1 Å². The van der Waals surface area contributed by atoms with E-state index < -0.39 is 12.1 Å². The van der Waals surface area contributed by atoms with Crippen LogP contribution in [0.5, 0.6) is 0 Å². The second-order valence-corrected chi connectivity index (χ2v) is 8.61. The van der Waals surface area contributed by atoms with Crippen LogP contribution in [0.15, 0.2) is 66.1 Å². The molecule has 1 aromatic heterocycles. The minimum atomic E-state index is -1.01. The van der Waals surface area contributed by atoms with Crippen LogP contribution >= 0.6 is 0 Å². The van der Waals surface area contributed by atoms with Gasteiger partial charge in [0.2, 0.25) is 5.91 Å². The number of aryl methyl sites for hydroxylation is 1. The van der Waals surface area contributed by atoms with Gasteiger partial charge in [-0.15, -0.1) is 6.58 Å². The van der Waals surface area contributed by atoms with Crippen LogP contribution in [0.1, 0.15) is 57.1 Å². The fourth-order valence-electron chi connectivity index (χ4n) is 3.72. The average molecular weight is 436 g/mol. The minimum absolute atomic E-state index is 0.291. The fraction of sp³-hybridized carbons (Fsp3) is 0.407. The fourth-order valence-corrected chi connectivity index (χ4v) is 3.72. The van der Waals surface area contributed by atoms with E-state index in [-0.39, 0.29) is 5.91 Å². The summed E-state index contributed by atoms with van der Waals surface area (Å²) in [6.07, 6.45) is 18.0. The molecule has 1 saturated carbocycles. The second kappa shape index (κ2) is 11.1. The highest BCUT2D eigenvalue weighted by Gasteiger charge is 2.43. The van der Waals surface area contributed by atoms with E-state index >= 15 is 0 Å². The number of carbonyl (C=O) groups excluding carboxylic acids is 1. The number of nitrogens with one attached hydrogen (secondary N) is 2. The first-order valence-electron chi connectivity index (χ1n) is 11.5. The standard InChI is InChI=1S/C27H34FN3O/c1-5-7-9-10-20(24-17-29-22(11-8-6-2)12-19(24)4)14-21-16-30-26(13-18(21)3)31-27(32)23-15-25(23)28/h6,9-10,12-14,16-17,22-23,25,29H,2,5,7-8,11,15H2,1,3-4H3,(H,30,31,32)/b10-9+,20-14+. The summed E-state index contributed by atoms with van der Waals surface area (Å²) in [7, 11) is 0. The maximum Gasteiger partial charge on any atom is 0.231 e. The van der Waals surface area contributed by atoms with E-state index in [0.29, 0.717) is 18.3 Å². The topological polar surface area (TPSA) is 54.0 Å². The Bertz CT molecular complexity index is 973. The Labute approximate surface area is 191 Å². The summed E-state index contributed by atoms with van der Waals surface area (Å²) in [5, 5.41) is 6.23. The SMILES string of the molecule is C=CCCC1C=C(C)C(C(/C=C/CCC)=C/c2cnc(NC(=O)C3CC3F)cc2C)=CN1. The molecule has 3 unspecified atom stereocenters. The van der Waals surface area contributed by atoms with E-state index in [1.54, 1.807) is 6.20 Å². The van der Waals surface area contributed by atoms with E-state index in [4.69, 9.17) is 0 Å². The molecule has 2 aliphatic rings. The third-order valence-electron chi connectivity index (χ3n) is 5.83. The molecule has 1 amide bonds. The number of amides is 1. The molecular formula is C27H34FN3O. The molecule has 4 nitrogen and oxygen atoms in total. The van der Waals surface area contributed by atoms with Gasteiger partial charge in [-0.25, -0.2) is 9.37 Å². The maximum atomic E-state index is 13.1. The molecule has 3 atom stereocenters. The molecule has 1 aromatic rings. The van der Waals surface area contributed by atoms with E-state index in [0.717, 1.165) is 48.0 Å². The van der Waals surface area contributed by atoms with Gasteiger partial charge in [-0.3, -0.25) is 4.79 Å². The third-order valence-corrected chi connectivity index (χ3v) is 5.83. The summed E-state index contributed by atoms with van der Waals surface area (Å²) in [6, 6.07) is 2.16. The molecule has 5 heteroatoms. The lowest BCUT2D eigenvalue weighted by Gasteiger charge is -2.23. The second-order valence-electron chi connectivity index (χ2n) is 8.61. The number of carbonyl (C=O) groups is 1. The van der Waals surface area contributed by atoms with Crippen LogP contribution in [0.4, 0.5) is 10.2 Å². The zero-order valence-corrected chi connectivity index (χ0v) is 19.3. The van der Waals surface area contributed by atoms with E-state index in [1.807, 2.05) is 19.1 Å². The Balaban J connectivity index is 1.82. The van der Waals surface area contributed by atoms with Crippen molar-refractivity contribution in [2.24, 2.45) is 5.92 Å². The first-order valence-corrected chi connectivity index (χ1v) is 11.5. The number of pyridine rings is 1. The molecule has 1 fully saturated rings. The van der Waals surface area contributed by atoms with Crippen molar-refractivity contribution in [1.82, 2.24) is 10.3 Å². The zero-order chi connectivity index (χ0) is 23.1. The molecule has 170 valence electrons. The van der Waals surface area contributed by atoms with Crippen LogP contribution in [0.3, 0.4) is 0 Å². The lowest BCUT2D eigenvalue weighted by Crippen LogP contribution is -2.26. The molecule has 0 bridgehead atoms. The molecule has 32 heavy (non-hydrogen) atoms. The number of nitrogens with zero attached hydrogens (tertiary/aromatic N) is 1. The molecule has 0 spiro atoms. The Morgan fingerprint density at radius 1 is 1.38 bits per heavy atom. The van der Waals surface area contributed by atoms with Crippen LogP contribution in [0.25, 0.3) is 6.08 Å². The maximum absolute atomic E-state index is 13.1. The van der Waals surface area contributed by atoms with Gasteiger partial charge >= 0.3 is 0 Å². The van der Waals surface area contributed by atoms with Crippen LogP contribution in [0.2, 0.25) is 0 Å². The number of hydrogen-bond donors (Lipinski definition) is 2. The number of allylic oxidation sites excluding steroid dienone is 6. The average Bonchev–Trinajstić information content (AvgIpc) is 3.50. The Morgan fingerprint density at radius 3 is 2.78 bits per heavy atom. The minimum Gasteiger partial charge on any atom is -0.384 e. The van der Waals surface area contributed by atoms with Crippen molar-refractivity contribution >= 4 is 17.8 Å². The van der Waals surface area contributed by atoms with Crippen molar-refractivity contribution in [3.8, 4) is 0 Å². The summed E-state index contributed by atoms with van der Waals surface area (Å²) < 4.78 is 13.1. The number of hydrogen-bond acceptors (Lipinski definition) is 3. The van der Waals surface area contributed by atoms with Crippen molar-refractivity contribution in [3.63, 3.8) is 0 Å². The normalized spacial score (nSPS) is 22.8. The molecule has 2 N–H and O–H groups in total. The van der Waals surface area contributed by atoms with Gasteiger partial charge in [-0.2, -0.15) is 0 Å². The van der Waals surface area contributed by atoms with Gasteiger partial charge in [-0.1, -0.05) is 37.6 Å². The molecular weight excluding hydrogens is 401 g/mol. The van der Waals surface area contributed by atoms with E-state index in [9.17, 15) is 9.18 Å². The van der Waals surface area contributed by atoms with Gasteiger partial charge < -0.3 is 10.6 Å². The predicted octanol–water partition coefficient (Wildman–Crippen LogP) is 6.19. The largest absolute Gasteiger partial charge is 0.384 e. The number of alkyl halides is 1. The van der Waals surface area contributed by atoms with Crippen molar-refractivity contribution in [3.05, 3.63) is 77.2 Å². The highest BCUT2D eigenvalue weighted by molar-refractivity contribution is 5.94. The third kappa shape index (κ3) is 6.28.